The topological polar surface area (TPSA) is 56.5 Å². The molecule has 0 atom stereocenters. The highest BCUT2D eigenvalue weighted by atomic mass is 79.9. The number of hydrogen-bond donors (Lipinski definition) is 0. The minimum atomic E-state index is -0.547. The van der Waals surface area contributed by atoms with E-state index in [2.05, 4.69) is 9.97 Å². The molecule has 0 aliphatic carbocycles. The Morgan fingerprint density at radius 1 is 1.44 bits per heavy atom. The summed E-state index contributed by atoms with van der Waals surface area (Å²) in [5.41, 5.74) is 0.111. The highest BCUT2D eigenvalue weighted by Gasteiger charge is 2.20. The maximum atomic E-state index is 11.8. The first-order valence-corrected chi connectivity index (χ1v) is 5.47. The van der Waals surface area contributed by atoms with Gasteiger partial charge in [-0.15, -0.1) is 17.0 Å². The Morgan fingerprint density at radius 3 is 2.67 bits per heavy atom. The van der Waals surface area contributed by atoms with Crippen LogP contribution in [0.25, 0.3) is 5.65 Å². The van der Waals surface area contributed by atoms with Gasteiger partial charge in [-0.3, -0.25) is 0 Å². The zero-order valence-corrected chi connectivity index (χ0v) is 12.6. The van der Waals surface area contributed by atoms with Gasteiger partial charge in [0, 0.05) is 18.6 Å². The lowest BCUT2D eigenvalue weighted by Crippen LogP contribution is -2.24. The molecule has 0 saturated carbocycles. The molecule has 5 nitrogen and oxygen atoms in total. The van der Waals surface area contributed by atoms with Crippen LogP contribution in [-0.2, 0) is 4.74 Å². The van der Waals surface area contributed by atoms with E-state index in [9.17, 15) is 4.79 Å². The molecule has 0 amide bonds. The number of hydrogen-bond acceptors (Lipinski definition) is 4. The van der Waals surface area contributed by atoms with Crippen LogP contribution in [0.4, 0.5) is 0 Å². The van der Waals surface area contributed by atoms with E-state index in [-0.39, 0.29) is 27.8 Å². The van der Waals surface area contributed by atoms with Gasteiger partial charge in [-0.25, -0.2) is 14.8 Å². The zero-order chi connectivity index (χ0) is 12.6. The minimum absolute atomic E-state index is 0. The maximum absolute atomic E-state index is 11.8. The van der Waals surface area contributed by atoms with Crippen LogP contribution in [0.15, 0.2) is 18.6 Å². The number of imidazole rings is 1. The molecule has 0 aromatic carbocycles. The van der Waals surface area contributed by atoms with Gasteiger partial charge in [-0.1, -0.05) is 11.6 Å². The van der Waals surface area contributed by atoms with E-state index < -0.39 is 11.6 Å². The van der Waals surface area contributed by atoms with Crippen molar-refractivity contribution >= 4 is 40.2 Å². The molecule has 0 N–H and O–H groups in total. The van der Waals surface area contributed by atoms with Crippen molar-refractivity contribution in [3.8, 4) is 0 Å². The highest BCUT2D eigenvalue weighted by molar-refractivity contribution is 8.93. The Kier molecular flexibility index (Phi) is 4.34. The van der Waals surface area contributed by atoms with Gasteiger partial charge in [0.2, 0.25) is 0 Å². The van der Waals surface area contributed by atoms with E-state index in [0.717, 1.165) is 0 Å². The molecule has 0 radical (unpaired) electrons. The molecule has 2 rings (SSSR count). The Balaban J connectivity index is 0.00000162. The molecule has 0 bridgehead atoms. The molecule has 0 aliphatic heterocycles. The van der Waals surface area contributed by atoms with E-state index in [4.69, 9.17) is 16.3 Å². The molecule has 2 aromatic heterocycles. The van der Waals surface area contributed by atoms with E-state index in [0.29, 0.717) is 5.65 Å². The Bertz CT molecular complexity index is 577. The van der Waals surface area contributed by atoms with E-state index >= 15 is 0 Å². The van der Waals surface area contributed by atoms with Gasteiger partial charge >= 0.3 is 5.97 Å². The summed E-state index contributed by atoms with van der Waals surface area (Å²) in [6.07, 6.45) is 4.77. The molecule has 0 fully saturated rings. The first kappa shape index (κ1) is 14.9. The minimum Gasteiger partial charge on any atom is -0.455 e. The normalized spacial score (nSPS) is 11.1. The Labute approximate surface area is 120 Å². The van der Waals surface area contributed by atoms with E-state index in [1.54, 1.807) is 37.6 Å². The van der Waals surface area contributed by atoms with Crippen LogP contribution >= 0.6 is 28.6 Å². The zero-order valence-electron chi connectivity index (χ0n) is 10.2. The van der Waals surface area contributed by atoms with Crippen LogP contribution in [-0.4, -0.2) is 25.9 Å². The molecule has 0 unspecified atom stereocenters. The van der Waals surface area contributed by atoms with Crippen molar-refractivity contribution < 1.29 is 9.53 Å². The Hall–Kier alpha value is -1.14. The molecule has 2 heterocycles. The third-order valence-electron chi connectivity index (χ3n) is 1.94. The van der Waals surface area contributed by atoms with Crippen molar-refractivity contribution in [2.24, 2.45) is 0 Å². The number of carbonyl (C=O) groups is 1. The van der Waals surface area contributed by atoms with Crippen LogP contribution in [0.1, 0.15) is 31.3 Å². The number of halogens is 2. The van der Waals surface area contributed by atoms with E-state index in [1.807, 2.05) is 0 Å². The van der Waals surface area contributed by atoms with Gasteiger partial charge in [0.05, 0.1) is 0 Å². The second kappa shape index (κ2) is 5.24. The number of carbonyl (C=O) groups excluding carboxylic acids is 1. The van der Waals surface area contributed by atoms with Gasteiger partial charge in [0.25, 0.3) is 0 Å². The molecule has 98 valence electrons. The molecule has 7 heteroatoms. The third kappa shape index (κ3) is 3.20. The van der Waals surface area contributed by atoms with Gasteiger partial charge in [0.15, 0.2) is 16.5 Å². The monoisotopic (exact) mass is 333 g/mol. The van der Waals surface area contributed by atoms with Crippen molar-refractivity contribution in [2.75, 3.05) is 0 Å². The summed E-state index contributed by atoms with van der Waals surface area (Å²) in [5, 5.41) is 0.252. The average molecular weight is 335 g/mol. The van der Waals surface area contributed by atoms with Crippen molar-refractivity contribution in [3.05, 3.63) is 29.4 Å². The predicted molar refractivity (Wildman–Crippen MR) is 73.5 cm³/mol. The number of nitrogens with zero attached hydrogens (tertiary/aromatic N) is 3. The first-order chi connectivity index (χ1) is 7.87. The number of ether oxygens (including phenoxy) is 1. The van der Waals surface area contributed by atoms with Crippen LogP contribution in [0.3, 0.4) is 0 Å². The number of fused-ring (bicyclic) bond motifs is 1. The quantitative estimate of drug-likeness (QED) is 0.752. The summed E-state index contributed by atoms with van der Waals surface area (Å²) in [5.74, 6) is -0.475. The molecule has 0 spiro atoms. The molecule has 0 saturated heterocycles. The van der Waals surface area contributed by atoms with Crippen molar-refractivity contribution in [2.45, 2.75) is 26.4 Å². The summed E-state index contributed by atoms with van der Waals surface area (Å²) in [4.78, 5) is 19.8. The summed E-state index contributed by atoms with van der Waals surface area (Å²) in [7, 11) is 0. The van der Waals surface area contributed by atoms with Gasteiger partial charge in [-0.05, 0) is 20.8 Å². The highest BCUT2D eigenvalue weighted by Crippen LogP contribution is 2.16. The lowest BCUT2D eigenvalue weighted by atomic mass is 10.2. The van der Waals surface area contributed by atoms with Gasteiger partial charge in [0.1, 0.15) is 5.60 Å². The number of rotatable bonds is 1. The fourth-order valence-corrected chi connectivity index (χ4v) is 1.51. The van der Waals surface area contributed by atoms with Gasteiger partial charge < -0.3 is 9.14 Å². The van der Waals surface area contributed by atoms with Gasteiger partial charge in [-0.2, -0.15) is 0 Å². The molecule has 18 heavy (non-hydrogen) atoms. The first-order valence-electron chi connectivity index (χ1n) is 5.09. The number of esters is 1. The smallest absolute Gasteiger partial charge is 0.359 e. The fraction of sp³-hybridized carbons (Fsp3) is 0.364. The SMILES string of the molecule is Br.CC(C)(C)OC(=O)c1cn2ccnc(Cl)c2n1. The van der Waals surface area contributed by atoms with Crippen LogP contribution in [0, 0.1) is 0 Å². The summed E-state index contributed by atoms with van der Waals surface area (Å²) in [6, 6.07) is 0. The summed E-state index contributed by atoms with van der Waals surface area (Å²) < 4.78 is 6.85. The second-order valence-corrected chi connectivity index (χ2v) is 4.93. The van der Waals surface area contributed by atoms with Crippen molar-refractivity contribution in [1.29, 1.82) is 0 Å². The summed E-state index contributed by atoms with van der Waals surface area (Å²) in [6.45, 7) is 5.40. The lowest BCUT2D eigenvalue weighted by molar-refractivity contribution is 0.00636. The lowest BCUT2D eigenvalue weighted by Gasteiger charge is -2.18. The third-order valence-corrected chi connectivity index (χ3v) is 2.21. The fourth-order valence-electron chi connectivity index (χ4n) is 1.32. The average Bonchev–Trinajstić information content (AvgIpc) is 2.60. The Morgan fingerprint density at radius 2 is 2.11 bits per heavy atom. The summed E-state index contributed by atoms with van der Waals surface area (Å²) >= 11 is 5.86. The molecular weight excluding hydrogens is 321 g/mol. The maximum Gasteiger partial charge on any atom is 0.359 e. The van der Waals surface area contributed by atoms with Crippen LogP contribution in [0.5, 0.6) is 0 Å². The van der Waals surface area contributed by atoms with E-state index in [1.165, 1.54) is 6.20 Å². The van der Waals surface area contributed by atoms with Crippen molar-refractivity contribution in [3.63, 3.8) is 0 Å². The molecule has 2 aromatic rings. The van der Waals surface area contributed by atoms with Crippen LogP contribution < -0.4 is 0 Å². The number of aromatic nitrogens is 3. The standard InChI is InChI=1S/C11H12ClN3O2.BrH/c1-11(2,3)17-10(16)7-6-15-5-4-13-8(12)9(15)14-7;/h4-6H,1-3H3;1H. The predicted octanol–water partition coefficient (Wildman–Crippen LogP) is 2.92. The largest absolute Gasteiger partial charge is 0.455 e. The van der Waals surface area contributed by atoms with Crippen LogP contribution in [0.2, 0.25) is 5.15 Å². The molecular formula is C11H13BrClN3O2. The molecule has 0 aliphatic rings. The van der Waals surface area contributed by atoms with Crippen molar-refractivity contribution in [1.82, 2.24) is 14.4 Å². The second-order valence-electron chi connectivity index (χ2n) is 4.58.